The van der Waals surface area contributed by atoms with Gasteiger partial charge < -0.3 is 19.7 Å². The minimum Gasteiger partial charge on any atom is -0.508 e. The smallest absolute Gasteiger partial charge is 0.127 e. The van der Waals surface area contributed by atoms with Gasteiger partial charge in [-0.05, 0) is 71.5 Å². The molecule has 6 rings (SSSR count). The van der Waals surface area contributed by atoms with Gasteiger partial charge in [0.25, 0.3) is 0 Å². The standard InChI is InChI=1S/2C16H16O2/c2*1-11-9-13-10-14(17)7-8-15(13)18-16(11)12-5-3-2-4-6-12/h2*2-8,10-11,16-17H,9H2,1H3. The molecule has 184 valence electrons. The number of ether oxygens (including phenoxy) is 2. The minimum atomic E-state index is 0.100. The first kappa shape index (κ1) is 23.8. The number of hydrogen-bond donors (Lipinski definition) is 2. The Morgan fingerprint density at radius 1 is 0.556 bits per heavy atom. The van der Waals surface area contributed by atoms with Crippen molar-refractivity contribution >= 4 is 0 Å². The molecule has 4 aromatic rings. The molecular formula is C32H32O4. The van der Waals surface area contributed by atoms with Gasteiger partial charge >= 0.3 is 0 Å². The highest BCUT2D eigenvalue weighted by molar-refractivity contribution is 5.43. The fourth-order valence-electron chi connectivity index (χ4n) is 5.17. The molecule has 4 heteroatoms. The fraction of sp³-hybridized carbons (Fsp3) is 0.250. The molecule has 36 heavy (non-hydrogen) atoms. The van der Waals surface area contributed by atoms with E-state index in [1.54, 1.807) is 24.3 Å². The van der Waals surface area contributed by atoms with Crippen LogP contribution in [0.3, 0.4) is 0 Å². The maximum Gasteiger partial charge on any atom is 0.127 e. The monoisotopic (exact) mass is 480 g/mol. The van der Waals surface area contributed by atoms with Crippen LogP contribution in [0.2, 0.25) is 0 Å². The van der Waals surface area contributed by atoms with Crippen molar-refractivity contribution in [3.63, 3.8) is 0 Å². The maximum absolute atomic E-state index is 9.50. The lowest BCUT2D eigenvalue weighted by Crippen LogP contribution is -2.23. The van der Waals surface area contributed by atoms with Crippen molar-refractivity contribution in [3.8, 4) is 23.0 Å². The van der Waals surface area contributed by atoms with Crippen molar-refractivity contribution in [1.29, 1.82) is 0 Å². The van der Waals surface area contributed by atoms with Crippen molar-refractivity contribution in [2.24, 2.45) is 11.8 Å². The van der Waals surface area contributed by atoms with E-state index < -0.39 is 0 Å². The zero-order valence-electron chi connectivity index (χ0n) is 20.7. The molecule has 0 saturated heterocycles. The number of hydrogen-bond acceptors (Lipinski definition) is 4. The van der Waals surface area contributed by atoms with E-state index in [9.17, 15) is 10.2 Å². The fourth-order valence-corrected chi connectivity index (χ4v) is 5.17. The van der Waals surface area contributed by atoms with Crippen LogP contribution in [0.5, 0.6) is 23.0 Å². The van der Waals surface area contributed by atoms with Crippen LogP contribution in [-0.4, -0.2) is 10.2 Å². The van der Waals surface area contributed by atoms with Crippen molar-refractivity contribution in [2.75, 3.05) is 0 Å². The molecule has 2 N–H and O–H groups in total. The largest absolute Gasteiger partial charge is 0.508 e. The summed E-state index contributed by atoms with van der Waals surface area (Å²) < 4.78 is 12.1. The van der Waals surface area contributed by atoms with Gasteiger partial charge in [-0.2, -0.15) is 0 Å². The number of fused-ring (bicyclic) bond motifs is 2. The first-order valence-electron chi connectivity index (χ1n) is 12.5. The zero-order valence-corrected chi connectivity index (χ0v) is 20.7. The van der Waals surface area contributed by atoms with Crippen molar-refractivity contribution in [3.05, 3.63) is 119 Å². The molecule has 4 unspecified atom stereocenters. The summed E-state index contributed by atoms with van der Waals surface area (Å²) in [5.41, 5.74) is 4.61. The average Bonchev–Trinajstić information content (AvgIpc) is 2.89. The minimum absolute atomic E-state index is 0.100. The lowest BCUT2D eigenvalue weighted by Gasteiger charge is -2.32. The van der Waals surface area contributed by atoms with E-state index in [0.29, 0.717) is 23.3 Å². The molecule has 4 atom stereocenters. The molecule has 0 fully saturated rings. The Balaban J connectivity index is 0.000000148. The third-order valence-corrected chi connectivity index (χ3v) is 6.97. The molecule has 4 nitrogen and oxygen atoms in total. The van der Waals surface area contributed by atoms with E-state index in [0.717, 1.165) is 35.5 Å². The van der Waals surface area contributed by atoms with Crippen molar-refractivity contribution in [1.82, 2.24) is 0 Å². The Labute approximate surface area is 212 Å². The normalized spacial score (nSPS) is 22.1. The average molecular weight is 481 g/mol. The summed E-state index contributed by atoms with van der Waals surface area (Å²) in [6, 6.07) is 31.3. The predicted octanol–water partition coefficient (Wildman–Crippen LogP) is 7.41. The lowest BCUT2D eigenvalue weighted by atomic mass is 9.88. The van der Waals surface area contributed by atoms with E-state index in [1.807, 2.05) is 48.5 Å². The van der Waals surface area contributed by atoms with Crippen molar-refractivity contribution < 1.29 is 19.7 Å². The summed E-state index contributed by atoms with van der Waals surface area (Å²) in [4.78, 5) is 0. The number of rotatable bonds is 2. The van der Waals surface area contributed by atoms with Gasteiger partial charge in [-0.15, -0.1) is 0 Å². The summed E-state index contributed by atoms with van der Waals surface area (Å²) in [7, 11) is 0. The van der Waals surface area contributed by atoms with Gasteiger partial charge in [-0.3, -0.25) is 0 Å². The Hall–Kier alpha value is -3.92. The highest BCUT2D eigenvalue weighted by Gasteiger charge is 2.29. The summed E-state index contributed by atoms with van der Waals surface area (Å²) in [5.74, 6) is 3.20. The van der Waals surface area contributed by atoms with E-state index in [1.165, 1.54) is 11.1 Å². The first-order valence-corrected chi connectivity index (χ1v) is 12.5. The molecule has 0 bridgehead atoms. The summed E-state index contributed by atoms with van der Waals surface area (Å²) >= 11 is 0. The molecule has 0 amide bonds. The molecule has 2 aliphatic rings. The Morgan fingerprint density at radius 2 is 0.944 bits per heavy atom. The van der Waals surface area contributed by atoms with Gasteiger partial charge in [0.05, 0.1) is 0 Å². The third-order valence-electron chi connectivity index (χ3n) is 6.97. The van der Waals surface area contributed by atoms with Crippen LogP contribution in [-0.2, 0) is 12.8 Å². The molecule has 0 aliphatic carbocycles. The number of benzene rings is 4. The van der Waals surface area contributed by atoms with E-state index in [-0.39, 0.29) is 12.2 Å². The van der Waals surface area contributed by atoms with Crippen LogP contribution in [0.15, 0.2) is 97.1 Å². The molecule has 0 saturated carbocycles. The van der Waals surface area contributed by atoms with Crippen LogP contribution >= 0.6 is 0 Å². The zero-order chi connectivity index (χ0) is 25.1. The Bertz CT molecular complexity index is 1200. The van der Waals surface area contributed by atoms with Gasteiger partial charge in [0.15, 0.2) is 0 Å². The summed E-state index contributed by atoms with van der Waals surface area (Å²) in [5, 5.41) is 19.0. The molecule has 0 aromatic heterocycles. The van der Waals surface area contributed by atoms with Gasteiger partial charge in [0, 0.05) is 11.8 Å². The van der Waals surface area contributed by atoms with Gasteiger partial charge in [-0.25, -0.2) is 0 Å². The number of aromatic hydroxyl groups is 2. The van der Waals surface area contributed by atoms with Crippen LogP contribution in [0.1, 0.15) is 48.3 Å². The number of phenols is 2. The third kappa shape index (κ3) is 5.18. The topological polar surface area (TPSA) is 58.9 Å². The highest BCUT2D eigenvalue weighted by atomic mass is 16.5. The Morgan fingerprint density at radius 3 is 1.33 bits per heavy atom. The molecule has 4 aromatic carbocycles. The molecule has 2 heterocycles. The number of phenolic OH excluding ortho intramolecular Hbond substituents is 2. The van der Waals surface area contributed by atoms with E-state index in [4.69, 9.17) is 9.47 Å². The molecule has 0 radical (unpaired) electrons. The summed E-state index contributed by atoms with van der Waals surface area (Å²) in [6.45, 7) is 4.37. The molecule has 2 aliphatic heterocycles. The maximum atomic E-state index is 9.50. The second kappa shape index (κ2) is 10.4. The first-order chi connectivity index (χ1) is 17.5. The lowest BCUT2D eigenvalue weighted by molar-refractivity contribution is 0.123. The van der Waals surface area contributed by atoms with Crippen LogP contribution in [0.25, 0.3) is 0 Å². The highest BCUT2D eigenvalue weighted by Crippen LogP contribution is 2.40. The quantitative estimate of drug-likeness (QED) is 0.314. The van der Waals surface area contributed by atoms with E-state index in [2.05, 4.69) is 38.1 Å². The second-order valence-corrected chi connectivity index (χ2v) is 9.85. The van der Waals surface area contributed by atoms with Crippen LogP contribution < -0.4 is 9.47 Å². The Kier molecular flexibility index (Phi) is 6.86. The van der Waals surface area contributed by atoms with Crippen LogP contribution in [0.4, 0.5) is 0 Å². The van der Waals surface area contributed by atoms with Gasteiger partial charge in [-0.1, -0.05) is 74.5 Å². The summed E-state index contributed by atoms with van der Waals surface area (Å²) in [6.07, 6.45) is 2.07. The van der Waals surface area contributed by atoms with E-state index >= 15 is 0 Å². The molecule has 0 spiro atoms. The van der Waals surface area contributed by atoms with Gasteiger partial charge in [0.1, 0.15) is 35.2 Å². The SMILES string of the molecule is CC1Cc2cc(O)ccc2OC1c1ccccc1.CC1Cc2cc(O)ccc2OC1c1ccccc1. The molecular weight excluding hydrogens is 448 g/mol. The van der Waals surface area contributed by atoms with Crippen LogP contribution in [0, 0.1) is 11.8 Å². The second-order valence-electron chi connectivity index (χ2n) is 9.85. The van der Waals surface area contributed by atoms with Crippen molar-refractivity contribution in [2.45, 2.75) is 38.9 Å². The predicted molar refractivity (Wildman–Crippen MR) is 142 cm³/mol. The van der Waals surface area contributed by atoms with Gasteiger partial charge in [0.2, 0.25) is 0 Å².